The highest BCUT2D eigenvalue weighted by Crippen LogP contribution is 2.33. The molecule has 0 fully saturated rings. The molecule has 2 aromatic rings. The number of benzene rings is 2. The van der Waals surface area contributed by atoms with E-state index >= 15 is 0 Å². The summed E-state index contributed by atoms with van der Waals surface area (Å²) in [4.78, 5) is 14.1. The molecule has 4 nitrogen and oxygen atoms in total. The highest BCUT2D eigenvalue weighted by Gasteiger charge is 2.24. The molecule has 3 rings (SSSR count). The Morgan fingerprint density at radius 3 is 2.23 bits per heavy atom. The van der Waals surface area contributed by atoms with Gasteiger partial charge in [-0.05, 0) is 35.7 Å². The average Bonchev–Trinajstić information content (AvgIpc) is 2.64. The molecule has 0 unspecified atom stereocenters. The van der Waals surface area contributed by atoms with Crippen LogP contribution in [0.15, 0.2) is 24.3 Å². The van der Waals surface area contributed by atoms with Crippen LogP contribution in [0.25, 0.3) is 0 Å². The third-order valence-electron chi connectivity index (χ3n) is 4.50. The largest absolute Gasteiger partial charge is 0.493 e. The Labute approximate surface area is 149 Å². The van der Waals surface area contributed by atoms with Crippen molar-refractivity contribution in [3.8, 4) is 11.5 Å². The first-order valence-electron chi connectivity index (χ1n) is 8.08. The van der Waals surface area contributed by atoms with E-state index in [1.807, 2.05) is 12.1 Å². The number of rotatable bonds is 4. The zero-order chi connectivity index (χ0) is 18.8. The summed E-state index contributed by atoms with van der Waals surface area (Å²) in [5.41, 5.74) is 1.80. The van der Waals surface area contributed by atoms with Crippen LogP contribution in [0.1, 0.15) is 16.7 Å². The van der Waals surface area contributed by atoms with E-state index in [-0.39, 0.29) is 17.9 Å². The van der Waals surface area contributed by atoms with Gasteiger partial charge in [-0.25, -0.2) is 13.2 Å². The predicted molar refractivity (Wildman–Crippen MR) is 88.7 cm³/mol. The van der Waals surface area contributed by atoms with Crippen LogP contribution in [0.2, 0.25) is 0 Å². The lowest BCUT2D eigenvalue weighted by molar-refractivity contribution is -0.131. The Morgan fingerprint density at radius 2 is 1.58 bits per heavy atom. The maximum atomic E-state index is 13.8. The van der Waals surface area contributed by atoms with Crippen LogP contribution < -0.4 is 9.47 Å². The third kappa shape index (κ3) is 3.47. The van der Waals surface area contributed by atoms with Gasteiger partial charge < -0.3 is 14.4 Å². The number of methoxy groups -OCH3 is 2. The summed E-state index contributed by atoms with van der Waals surface area (Å²) >= 11 is 0. The number of hydrogen-bond acceptors (Lipinski definition) is 3. The van der Waals surface area contributed by atoms with E-state index in [0.717, 1.165) is 17.2 Å². The van der Waals surface area contributed by atoms with E-state index < -0.39 is 17.5 Å². The second-order valence-corrected chi connectivity index (χ2v) is 6.08. The van der Waals surface area contributed by atoms with Crippen molar-refractivity contribution in [1.82, 2.24) is 4.90 Å². The number of hydrogen-bond donors (Lipinski definition) is 0. The lowest BCUT2D eigenvalue weighted by Crippen LogP contribution is -2.37. The number of carbonyl (C=O) groups excluding carboxylic acids is 1. The minimum atomic E-state index is -1.27. The van der Waals surface area contributed by atoms with Crippen LogP contribution in [0.5, 0.6) is 11.5 Å². The van der Waals surface area contributed by atoms with E-state index in [2.05, 4.69) is 0 Å². The zero-order valence-corrected chi connectivity index (χ0v) is 14.4. The Hall–Kier alpha value is -2.70. The van der Waals surface area contributed by atoms with Gasteiger partial charge in [-0.2, -0.15) is 0 Å². The second kappa shape index (κ2) is 7.27. The van der Waals surface area contributed by atoms with Gasteiger partial charge in [0, 0.05) is 24.7 Å². The van der Waals surface area contributed by atoms with E-state index in [9.17, 15) is 18.0 Å². The zero-order valence-electron chi connectivity index (χ0n) is 14.4. The van der Waals surface area contributed by atoms with E-state index in [1.54, 1.807) is 12.0 Å². The molecule has 0 radical (unpaired) electrons. The summed E-state index contributed by atoms with van der Waals surface area (Å²) in [6.07, 6.45) is 0.285. The van der Waals surface area contributed by atoms with Gasteiger partial charge in [-0.3, -0.25) is 4.79 Å². The minimum Gasteiger partial charge on any atom is -0.493 e. The normalized spacial score (nSPS) is 13.3. The van der Waals surface area contributed by atoms with Gasteiger partial charge in [0.25, 0.3) is 0 Å². The fraction of sp³-hybridized carbons (Fsp3) is 0.316. The Balaban J connectivity index is 1.78. The smallest absolute Gasteiger partial charge is 0.227 e. The number of fused-ring (bicyclic) bond motifs is 1. The molecule has 1 heterocycles. The predicted octanol–water partition coefficient (Wildman–Crippen LogP) is 3.25. The standard InChI is InChI=1S/C19H18F3NO3/c1-25-17-6-11-3-4-23(10-13(11)7-18(17)26-2)19(24)8-12-5-15(21)16(22)9-14(12)20/h5-7,9H,3-4,8,10H2,1-2H3. The molecule has 0 aromatic heterocycles. The first-order valence-corrected chi connectivity index (χ1v) is 8.08. The van der Waals surface area contributed by atoms with Gasteiger partial charge >= 0.3 is 0 Å². The second-order valence-electron chi connectivity index (χ2n) is 6.08. The van der Waals surface area contributed by atoms with Crippen molar-refractivity contribution in [3.05, 3.63) is 58.4 Å². The molecule has 0 aliphatic carbocycles. The molecule has 26 heavy (non-hydrogen) atoms. The number of carbonyl (C=O) groups is 1. The molecular weight excluding hydrogens is 347 g/mol. The number of nitrogens with zero attached hydrogens (tertiary/aromatic N) is 1. The van der Waals surface area contributed by atoms with Crippen molar-refractivity contribution in [2.45, 2.75) is 19.4 Å². The molecule has 0 saturated carbocycles. The van der Waals surface area contributed by atoms with Gasteiger partial charge in [-0.15, -0.1) is 0 Å². The molecule has 2 aromatic carbocycles. The Kier molecular flexibility index (Phi) is 5.06. The van der Waals surface area contributed by atoms with Gasteiger partial charge in [-0.1, -0.05) is 0 Å². The molecule has 7 heteroatoms. The summed E-state index contributed by atoms with van der Waals surface area (Å²) in [5, 5.41) is 0. The monoisotopic (exact) mass is 365 g/mol. The molecule has 0 atom stereocenters. The molecular formula is C19H18F3NO3. The van der Waals surface area contributed by atoms with Crippen LogP contribution in [-0.2, 0) is 24.2 Å². The summed E-state index contributed by atoms with van der Waals surface area (Å²) in [7, 11) is 3.08. The fourth-order valence-corrected chi connectivity index (χ4v) is 3.07. The van der Waals surface area contributed by atoms with Gasteiger partial charge in [0.1, 0.15) is 5.82 Å². The topological polar surface area (TPSA) is 38.8 Å². The highest BCUT2D eigenvalue weighted by molar-refractivity contribution is 5.79. The molecule has 1 aliphatic rings. The minimum absolute atomic E-state index is 0.160. The summed E-state index contributed by atoms with van der Waals surface area (Å²) in [6, 6.07) is 4.88. The molecule has 0 N–H and O–H groups in total. The number of amides is 1. The van der Waals surface area contributed by atoms with Crippen molar-refractivity contribution in [2.75, 3.05) is 20.8 Å². The van der Waals surface area contributed by atoms with E-state index in [4.69, 9.17) is 9.47 Å². The van der Waals surface area contributed by atoms with Crippen molar-refractivity contribution >= 4 is 5.91 Å². The number of halogens is 3. The first kappa shape index (κ1) is 18.1. The molecule has 0 saturated heterocycles. The van der Waals surface area contributed by atoms with Crippen molar-refractivity contribution in [1.29, 1.82) is 0 Å². The quantitative estimate of drug-likeness (QED) is 0.781. The summed E-state index contributed by atoms with van der Waals surface area (Å²) in [6.45, 7) is 0.784. The van der Waals surface area contributed by atoms with Crippen LogP contribution in [0, 0.1) is 17.5 Å². The van der Waals surface area contributed by atoms with E-state index in [1.165, 1.54) is 7.11 Å². The molecule has 1 aliphatic heterocycles. The van der Waals surface area contributed by atoms with Gasteiger partial charge in [0.15, 0.2) is 23.1 Å². The first-order chi connectivity index (χ1) is 12.4. The van der Waals surface area contributed by atoms with E-state index in [0.29, 0.717) is 37.1 Å². The maximum absolute atomic E-state index is 13.8. The van der Waals surface area contributed by atoms with Crippen LogP contribution in [-0.4, -0.2) is 31.6 Å². The van der Waals surface area contributed by atoms with Crippen LogP contribution in [0.4, 0.5) is 13.2 Å². The number of ether oxygens (including phenoxy) is 2. The highest BCUT2D eigenvalue weighted by atomic mass is 19.2. The summed E-state index contributed by atoms with van der Waals surface area (Å²) < 4.78 is 50.7. The average molecular weight is 365 g/mol. The van der Waals surface area contributed by atoms with Crippen LogP contribution >= 0.6 is 0 Å². The summed E-state index contributed by atoms with van der Waals surface area (Å²) in [5.74, 6) is -2.54. The van der Waals surface area contributed by atoms with Crippen molar-refractivity contribution in [3.63, 3.8) is 0 Å². The van der Waals surface area contributed by atoms with Crippen molar-refractivity contribution < 1.29 is 27.4 Å². The molecule has 1 amide bonds. The van der Waals surface area contributed by atoms with Gasteiger partial charge in [0.2, 0.25) is 5.91 Å². The Morgan fingerprint density at radius 1 is 0.962 bits per heavy atom. The van der Waals surface area contributed by atoms with Crippen molar-refractivity contribution in [2.24, 2.45) is 0 Å². The lowest BCUT2D eigenvalue weighted by atomic mass is 9.98. The maximum Gasteiger partial charge on any atom is 0.227 e. The Bertz CT molecular complexity index is 854. The fourth-order valence-electron chi connectivity index (χ4n) is 3.07. The van der Waals surface area contributed by atoms with Crippen LogP contribution in [0.3, 0.4) is 0 Å². The molecule has 0 spiro atoms. The molecule has 138 valence electrons. The third-order valence-corrected chi connectivity index (χ3v) is 4.50. The SMILES string of the molecule is COc1cc2c(cc1OC)CN(C(=O)Cc1cc(F)c(F)cc1F)CC2. The molecule has 0 bridgehead atoms. The van der Waals surface area contributed by atoms with Gasteiger partial charge in [0.05, 0.1) is 20.6 Å². The lowest BCUT2D eigenvalue weighted by Gasteiger charge is -2.29.